The molecule has 0 radical (unpaired) electrons. The quantitative estimate of drug-likeness (QED) is 0.859. The first-order valence-corrected chi connectivity index (χ1v) is 6.06. The highest BCUT2D eigenvalue weighted by Gasteiger charge is 2.18. The van der Waals surface area contributed by atoms with Gasteiger partial charge in [-0.1, -0.05) is 6.07 Å². The lowest BCUT2D eigenvalue weighted by Gasteiger charge is -2.26. The van der Waals surface area contributed by atoms with Crippen LogP contribution in [0.5, 0.6) is 0 Å². The number of benzene rings is 1. The summed E-state index contributed by atoms with van der Waals surface area (Å²) in [7, 11) is 0. The van der Waals surface area contributed by atoms with Gasteiger partial charge in [0, 0.05) is 25.2 Å². The van der Waals surface area contributed by atoms with Crippen LogP contribution in [0.4, 0.5) is 4.39 Å². The normalized spacial score (nSPS) is 15.4. The first-order valence-electron chi connectivity index (χ1n) is 6.06. The van der Waals surface area contributed by atoms with E-state index >= 15 is 0 Å². The fourth-order valence-electron chi connectivity index (χ4n) is 1.82. The number of carbonyl (C=O) groups excluding carboxylic acids is 2. The molecule has 0 bridgehead atoms. The highest BCUT2D eigenvalue weighted by Crippen LogP contribution is 2.03. The van der Waals surface area contributed by atoms with Crippen LogP contribution in [-0.4, -0.2) is 49.6 Å². The molecule has 0 saturated carbocycles. The van der Waals surface area contributed by atoms with Crippen LogP contribution in [0.3, 0.4) is 0 Å². The maximum atomic E-state index is 12.9. The number of hydrogen-bond donors (Lipinski definition) is 1. The molecule has 5 nitrogen and oxygen atoms in total. The maximum absolute atomic E-state index is 12.9. The second-order valence-electron chi connectivity index (χ2n) is 4.20. The van der Waals surface area contributed by atoms with Crippen LogP contribution in [0.15, 0.2) is 24.3 Å². The van der Waals surface area contributed by atoms with Gasteiger partial charge in [0.25, 0.3) is 5.91 Å². The minimum atomic E-state index is -0.448. The predicted octanol–water partition coefficient (Wildman–Crippen LogP) is 0.414. The van der Waals surface area contributed by atoms with Crippen molar-refractivity contribution >= 4 is 11.8 Å². The minimum absolute atomic E-state index is 0.0775. The number of rotatable bonds is 4. The number of nitrogens with zero attached hydrogens (tertiary/aromatic N) is 1. The van der Waals surface area contributed by atoms with Crippen molar-refractivity contribution in [3.05, 3.63) is 35.6 Å². The number of halogens is 1. The molecule has 19 heavy (non-hydrogen) atoms. The highest BCUT2D eigenvalue weighted by molar-refractivity contribution is 5.94. The molecule has 2 rings (SSSR count). The van der Waals surface area contributed by atoms with E-state index in [4.69, 9.17) is 4.74 Å². The van der Waals surface area contributed by atoms with Gasteiger partial charge >= 0.3 is 0 Å². The van der Waals surface area contributed by atoms with Gasteiger partial charge < -0.3 is 15.0 Å². The lowest BCUT2D eigenvalue weighted by Crippen LogP contribution is -2.45. The van der Waals surface area contributed by atoms with E-state index in [1.54, 1.807) is 4.90 Å². The summed E-state index contributed by atoms with van der Waals surface area (Å²) in [5.41, 5.74) is 0.272. The van der Waals surface area contributed by atoms with E-state index in [9.17, 15) is 14.0 Å². The summed E-state index contributed by atoms with van der Waals surface area (Å²) in [5.74, 6) is -0.873. The van der Waals surface area contributed by atoms with E-state index in [0.717, 1.165) is 0 Å². The smallest absolute Gasteiger partial charge is 0.251 e. The van der Waals surface area contributed by atoms with E-state index in [2.05, 4.69) is 5.32 Å². The number of morpholine rings is 1. The molecule has 0 unspecified atom stereocenters. The molecular formula is C13H15FN2O3. The number of amides is 2. The molecule has 0 atom stereocenters. The zero-order valence-electron chi connectivity index (χ0n) is 10.4. The zero-order chi connectivity index (χ0) is 13.7. The highest BCUT2D eigenvalue weighted by atomic mass is 19.1. The Bertz CT molecular complexity index is 479. The van der Waals surface area contributed by atoms with Gasteiger partial charge in [0.1, 0.15) is 12.4 Å². The number of ether oxygens (including phenoxy) is 1. The Kier molecular flexibility index (Phi) is 4.46. The second-order valence-corrected chi connectivity index (χ2v) is 4.20. The van der Waals surface area contributed by atoms with E-state index in [-0.39, 0.29) is 24.0 Å². The van der Waals surface area contributed by atoms with Crippen LogP contribution in [-0.2, 0) is 9.53 Å². The topological polar surface area (TPSA) is 58.6 Å². The Morgan fingerprint density at radius 1 is 1.47 bits per heavy atom. The Labute approximate surface area is 110 Å². The summed E-state index contributed by atoms with van der Waals surface area (Å²) in [6, 6.07) is 5.48. The molecule has 6 heteroatoms. The van der Waals surface area contributed by atoms with Crippen molar-refractivity contribution in [3.63, 3.8) is 0 Å². The summed E-state index contributed by atoms with van der Waals surface area (Å²) >= 11 is 0. The summed E-state index contributed by atoms with van der Waals surface area (Å²) in [6.45, 7) is 1.92. The Hall–Kier alpha value is -1.95. The summed E-state index contributed by atoms with van der Waals surface area (Å²) < 4.78 is 17.9. The Morgan fingerprint density at radius 2 is 2.32 bits per heavy atom. The number of hydrogen-bond acceptors (Lipinski definition) is 3. The van der Waals surface area contributed by atoms with E-state index in [1.807, 2.05) is 0 Å². The van der Waals surface area contributed by atoms with Crippen molar-refractivity contribution in [2.24, 2.45) is 0 Å². The summed E-state index contributed by atoms with van der Waals surface area (Å²) in [4.78, 5) is 24.8. The third-order valence-corrected chi connectivity index (χ3v) is 2.84. The maximum Gasteiger partial charge on any atom is 0.251 e. The number of nitrogens with one attached hydrogen (secondary N) is 1. The van der Waals surface area contributed by atoms with Gasteiger partial charge in [-0.2, -0.15) is 0 Å². The van der Waals surface area contributed by atoms with Crippen LogP contribution in [0.2, 0.25) is 0 Å². The lowest BCUT2D eigenvalue weighted by atomic mass is 10.2. The van der Waals surface area contributed by atoms with Gasteiger partial charge in [-0.3, -0.25) is 9.59 Å². The molecule has 1 aromatic rings. The van der Waals surface area contributed by atoms with Crippen molar-refractivity contribution in [1.82, 2.24) is 10.2 Å². The molecule has 1 fully saturated rings. The van der Waals surface area contributed by atoms with Crippen LogP contribution in [0, 0.1) is 5.82 Å². The molecule has 2 amide bonds. The molecule has 0 aliphatic carbocycles. The lowest BCUT2D eigenvalue weighted by molar-refractivity contribution is -0.142. The van der Waals surface area contributed by atoms with Crippen LogP contribution < -0.4 is 5.32 Å². The molecule has 1 N–H and O–H groups in total. The monoisotopic (exact) mass is 266 g/mol. The Balaban J connectivity index is 1.79. The van der Waals surface area contributed by atoms with Crippen molar-refractivity contribution in [3.8, 4) is 0 Å². The van der Waals surface area contributed by atoms with Gasteiger partial charge in [-0.15, -0.1) is 0 Å². The summed E-state index contributed by atoms with van der Waals surface area (Å²) in [6.07, 6.45) is 0. The SMILES string of the molecule is O=C(NCCN1CCOCC1=O)c1cccc(F)c1. The van der Waals surface area contributed by atoms with Gasteiger partial charge in [-0.25, -0.2) is 4.39 Å². The molecule has 1 saturated heterocycles. The fraction of sp³-hybridized carbons (Fsp3) is 0.385. The first kappa shape index (κ1) is 13.5. The van der Waals surface area contributed by atoms with E-state index < -0.39 is 5.82 Å². The molecule has 1 aromatic carbocycles. The fourth-order valence-corrected chi connectivity index (χ4v) is 1.82. The van der Waals surface area contributed by atoms with Crippen LogP contribution >= 0.6 is 0 Å². The van der Waals surface area contributed by atoms with Crippen LogP contribution in [0.1, 0.15) is 10.4 Å². The molecule has 0 aromatic heterocycles. The zero-order valence-corrected chi connectivity index (χ0v) is 10.4. The largest absolute Gasteiger partial charge is 0.370 e. The molecule has 0 spiro atoms. The average Bonchev–Trinajstić information content (AvgIpc) is 2.41. The van der Waals surface area contributed by atoms with Crippen molar-refractivity contribution in [2.75, 3.05) is 32.8 Å². The molecule has 1 heterocycles. The third kappa shape index (κ3) is 3.75. The third-order valence-electron chi connectivity index (χ3n) is 2.84. The van der Waals surface area contributed by atoms with Gasteiger partial charge in [0.2, 0.25) is 5.91 Å². The second kappa shape index (κ2) is 6.29. The number of carbonyl (C=O) groups is 2. The van der Waals surface area contributed by atoms with E-state index in [1.165, 1.54) is 24.3 Å². The molecule has 102 valence electrons. The molecule has 1 aliphatic heterocycles. The first-order chi connectivity index (χ1) is 9.16. The van der Waals surface area contributed by atoms with Gasteiger partial charge in [0.05, 0.1) is 6.61 Å². The van der Waals surface area contributed by atoms with E-state index in [0.29, 0.717) is 26.2 Å². The van der Waals surface area contributed by atoms with Gasteiger partial charge in [0.15, 0.2) is 0 Å². The van der Waals surface area contributed by atoms with Crippen molar-refractivity contribution < 1.29 is 18.7 Å². The van der Waals surface area contributed by atoms with Crippen LogP contribution in [0.25, 0.3) is 0 Å². The Morgan fingerprint density at radius 3 is 3.05 bits per heavy atom. The van der Waals surface area contributed by atoms with Crippen molar-refractivity contribution in [1.29, 1.82) is 0 Å². The molecular weight excluding hydrogens is 251 g/mol. The molecule has 1 aliphatic rings. The standard InChI is InChI=1S/C13H15FN2O3/c14-11-3-1-2-10(8-11)13(18)15-4-5-16-6-7-19-9-12(16)17/h1-3,8H,4-7,9H2,(H,15,18). The van der Waals surface area contributed by atoms with Gasteiger partial charge in [-0.05, 0) is 18.2 Å². The average molecular weight is 266 g/mol. The predicted molar refractivity (Wildman–Crippen MR) is 66.1 cm³/mol. The summed E-state index contributed by atoms with van der Waals surface area (Å²) in [5, 5.41) is 2.65. The van der Waals surface area contributed by atoms with Crippen molar-refractivity contribution in [2.45, 2.75) is 0 Å². The minimum Gasteiger partial charge on any atom is -0.370 e.